The molecule has 1 aromatic heterocycles. The zero-order valence-corrected chi connectivity index (χ0v) is 10.4. The van der Waals surface area contributed by atoms with Crippen molar-refractivity contribution >= 4 is 0 Å². The average Bonchev–Trinajstić information content (AvgIpc) is 2.77. The first kappa shape index (κ1) is 12.3. The van der Waals surface area contributed by atoms with Crippen molar-refractivity contribution in [3.8, 4) is 5.88 Å². The summed E-state index contributed by atoms with van der Waals surface area (Å²) in [5, 5.41) is 0. The summed E-state index contributed by atoms with van der Waals surface area (Å²) in [5.74, 6) is 7.52. The molecule has 0 bridgehead atoms. The Balaban J connectivity index is 2.22. The highest BCUT2D eigenvalue weighted by atomic mass is 16.5. The quantitative estimate of drug-likeness (QED) is 0.611. The normalized spacial score (nSPS) is 25.8. The second kappa shape index (κ2) is 5.42. The van der Waals surface area contributed by atoms with E-state index in [0.717, 1.165) is 11.6 Å². The van der Waals surface area contributed by atoms with Gasteiger partial charge in [0.15, 0.2) is 0 Å². The van der Waals surface area contributed by atoms with Gasteiger partial charge in [-0.15, -0.1) is 0 Å². The molecule has 1 heterocycles. The van der Waals surface area contributed by atoms with Crippen molar-refractivity contribution in [3.05, 3.63) is 18.1 Å². The highest BCUT2D eigenvalue weighted by Gasteiger charge is 2.32. The van der Waals surface area contributed by atoms with Crippen LogP contribution in [0.5, 0.6) is 5.88 Å². The van der Waals surface area contributed by atoms with E-state index in [0.29, 0.717) is 11.8 Å². The van der Waals surface area contributed by atoms with Crippen molar-refractivity contribution in [1.82, 2.24) is 15.4 Å². The van der Waals surface area contributed by atoms with E-state index in [4.69, 9.17) is 10.6 Å². The fourth-order valence-corrected chi connectivity index (χ4v) is 2.70. The molecule has 0 aliphatic heterocycles. The summed E-state index contributed by atoms with van der Waals surface area (Å²) < 4.78 is 5.25. The monoisotopic (exact) mass is 236 g/mol. The van der Waals surface area contributed by atoms with Crippen LogP contribution in [0.2, 0.25) is 0 Å². The van der Waals surface area contributed by atoms with Gasteiger partial charge in [-0.25, -0.2) is 4.98 Å². The van der Waals surface area contributed by atoms with E-state index >= 15 is 0 Å². The molecule has 0 aromatic carbocycles. The number of nitrogens with one attached hydrogen (secondary N) is 1. The molecule has 5 nitrogen and oxygen atoms in total. The van der Waals surface area contributed by atoms with Crippen LogP contribution >= 0.6 is 0 Å². The summed E-state index contributed by atoms with van der Waals surface area (Å²) in [5.41, 5.74) is 3.69. The summed E-state index contributed by atoms with van der Waals surface area (Å²) in [7, 11) is 1.61. The number of hydrogen-bond donors (Lipinski definition) is 2. The van der Waals surface area contributed by atoms with E-state index in [1.807, 2.05) is 0 Å². The van der Waals surface area contributed by atoms with Gasteiger partial charge in [0.05, 0.1) is 13.2 Å². The first-order valence-electron chi connectivity index (χ1n) is 6.07. The average molecular weight is 236 g/mol. The predicted molar refractivity (Wildman–Crippen MR) is 65.2 cm³/mol. The lowest BCUT2D eigenvalue weighted by Crippen LogP contribution is -2.33. The van der Waals surface area contributed by atoms with Crippen molar-refractivity contribution in [2.45, 2.75) is 32.2 Å². The van der Waals surface area contributed by atoms with E-state index in [1.54, 1.807) is 19.5 Å². The van der Waals surface area contributed by atoms with E-state index in [9.17, 15) is 0 Å². The maximum Gasteiger partial charge on any atom is 0.237 e. The van der Waals surface area contributed by atoms with Gasteiger partial charge in [0, 0.05) is 12.4 Å². The number of ether oxygens (including phenoxy) is 1. The maximum atomic E-state index is 5.68. The molecule has 94 valence electrons. The van der Waals surface area contributed by atoms with Crippen LogP contribution < -0.4 is 16.0 Å². The van der Waals surface area contributed by atoms with Gasteiger partial charge in [0.1, 0.15) is 5.69 Å². The maximum absolute atomic E-state index is 5.68. The van der Waals surface area contributed by atoms with Gasteiger partial charge in [0.2, 0.25) is 5.88 Å². The second-order valence-electron chi connectivity index (χ2n) is 4.77. The third-order valence-corrected chi connectivity index (χ3v) is 3.57. The highest BCUT2D eigenvalue weighted by Crippen LogP contribution is 2.39. The fourth-order valence-electron chi connectivity index (χ4n) is 2.70. The molecule has 0 amide bonds. The van der Waals surface area contributed by atoms with Crippen molar-refractivity contribution in [3.63, 3.8) is 0 Å². The summed E-state index contributed by atoms with van der Waals surface area (Å²) in [6, 6.07) is 0.0311. The molecule has 3 atom stereocenters. The number of aromatic nitrogens is 2. The molecule has 0 radical (unpaired) electrons. The number of hydrogen-bond acceptors (Lipinski definition) is 5. The summed E-state index contributed by atoms with van der Waals surface area (Å²) in [6.07, 6.45) is 6.92. The molecule has 1 aromatic rings. The van der Waals surface area contributed by atoms with Crippen molar-refractivity contribution in [2.75, 3.05) is 7.11 Å². The van der Waals surface area contributed by atoms with E-state index in [2.05, 4.69) is 22.3 Å². The van der Waals surface area contributed by atoms with Crippen molar-refractivity contribution < 1.29 is 4.74 Å². The molecule has 5 heteroatoms. The lowest BCUT2D eigenvalue weighted by atomic mass is 9.95. The van der Waals surface area contributed by atoms with Gasteiger partial charge >= 0.3 is 0 Å². The smallest absolute Gasteiger partial charge is 0.237 e. The van der Waals surface area contributed by atoms with E-state index in [1.165, 1.54) is 19.3 Å². The summed E-state index contributed by atoms with van der Waals surface area (Å²) >= 11 is 0. The van der Waals surface area contributed by atoms with Gasteiger partial charge in [-0.05, 0) is 24.7 Å². The Labute approximate surface area is 102 Å². The molecule has 3 unspecified atom stereocenters. The molecular weight excluding hydrogens is 216 g/mol. The minimum atomic E-state index is 0.0311. The topological polar surface area (TPSA) is 73.1 Å². The first-order chi connectivity index (χ1) is 8.26. The van der Waals surface area contributed by atoms with Gasteiger partial charge < -0.3 is 4.74 Å². The molecule has 1 saturated carbocycles. The second-order valence-corrected chi connectivity index (χ2v) is 4.77. The first-order valence-corrected chi connectivity index (χ1v) is 6.07. The summed E-state index contributed by atoms with van der Waals surface area (Å²) in [6.45, 7) is 2.28. The lowest BCUT2D eigenvalue weighted by Gasteiger charge is -2.23. The van der Waals surface area contributed by atoms with Crippen LogP contribution in [0.25, 0.3) is 0 Å². The molecule has 0 spiro atoms. The number of nitrogens with zero attached hydrogens (tertiary/aromatic N) is 2. The molecule has 0 saturated heterocycles. The Morgan fingerprint density at radius 3 is 2.76 bits per heavy atom. The number of nitrogens with two attached hydrogens (primary N) is 1. The summed E-state index contributed by atoms with van der Waals surface area (Å²) in [4.78, 5) is 8.54. The van der Waals surface area contributed by atoms with Gasteiger partial charge in [0.25, 0.3) is 0 Å². The van der Waals surface area contributed by atoms with Crippen molar-refractivity contribution in [1.29, 1.82) is 0 Å². The highest BCUT2D eigenvalue weighted by molar-refractivity contribution is 5.22. The zero-order chi connectivity index (χ0) is 12.3. The van der Waals surface area contributed by atoms with E-state index in [-0.39, 0.29) is 6.04 Å². The molecule has 17 heavy (non-hydrogen) atoms. The standard InChI is InChI=1S/C12H20N4O/c1-8-3-4-9(7-8)10(16-13)11-12(17-2)15-6-5-14-11/h5-6,8-10,16H,3-4,7,13H2,1-2H3. The zero-order valence-electron chi connectivity index (χ0n) is 10.4. The van der Waals surface area contributed by atoms with Gasteiger partial charge in [-0.3, -0.25) is 16.3 Å². The molecule has 1 aliphatic carbocycles. The van der Waals surface area contributed by atoms with Crippen LogP contribution in [-0.2, 0) is 0 Å². The lowest BCUT2D eigenvalue weighted by molar-refractivity contribution is 0.328. The Bertz CT molecular complexity index is 371. The molecule has 1 aliphatic rings. The Kier molecular flexibility index (Phi) is 3.91. The van der Waals surface area contributed by atoms with Gasteiger partial charge in [-0.2, -0.15) is 0 Å². The Morgan fingerprint density at radius 1 is 1.41 bits per heavy atom. The number of hydrazine groups is 1. The number of rotatable bonds is 4. The van der Waals surface area contributed by atoms with Crippen LogP contribution in [-0.4, -0.2) is 17.1 Å². The third-order valence-electron chi connectivity index (χ3n) is 3.57. The van der Waals surface area contributed by atoms with Crippen LogP contribution in [0, 0.1) is 11.8 Å². The number of methoxy groups -OCH3 is 1. The third kappa shape index (κ3) is 2.56. The predicted octanol–water partition coefficient (Wildman–Crippen LogP) is 1.43. The van der Waals surface area contributed by atoms with Crippen LogP contribution in [0.15, 0.2) is 12.4 Å². The Morgan fingerprint density at radius 2 is 2.18 bits per heavy atom. The minimum absolute atomic E-state index is 0.0311. The molecule has 3 N–H and O–H groups in total. The van der Waals surface area contributed by atoms with Crippen LogP contribution in [0.3, 0.4) is 0 Å². The Hall–Kier alpha value is -1.20. The van der Waals surface area contributed by atoms with Crippen molar-refractivity contribution in [2.24, 2.45) is 17.7 Å². The van der Waals surface area contributed by atoms with E-state index < -0.39 is 0 Å². The SMILES string of the molecule is COc1nccnc1C(NN)C1CCC(C)C1. The van der Waals surface area contributed by atoms with Crippen LogP contribution in [0.1, 0.15) is 37.9 Å². The largest absolute Gasteiger partial charge is 0.480 e. The molecule has 1 fully saturated rings. The molecule has 2 rings (SSSR count). The molecular formula is C12H20N4O. The van der Waals surface area contributed by atoms with Crippen LogP contribution in [0.4, 0.5) is 0 Å². The fraction of sp³-hybridized carbons (Fsp3) is 0.667. The minimum Gasteiger partial charge on any atom is -0.480 e. The van der Waals surface area contributed by atoms with Gasteiger partial charge in [-0.1, -0.05) is 13.3 Å².